The average Bonchev–Trinajstić information content (AvgIpc) is 2.66. The monoisotopic (exact) mass is 270 g/mol. The minimum Gasteiger partial charge on any atom is -0.307 e. The molecule has 1 unspecified atom stereocenters. The number of carbonyl (C=O) groups excluding carboxylic acids is 1. The highest BCUT2D eigenvalue weighted by atomic mass is 32.1. The molecule has 4 heteroatoms. The number of thiocarbonyl (C=S) groups is 1. The van der Waals surface area contributed by atoms with Crippen molar-refractivity contribution in [3.63, 3.8) is 0 Å². The number of amides is 1. The number of hydrogen-bond donors (Lipinski definition) is 0. The van der Waals surface area contributed by atoms with Gasteiger partial charge in [0.15, 0.2) is 5.11 Å². The maximum atomic E-state index is 12.4. The molecule has 0 aromatic heterocycles. The van der Waals surface area contributed by atoms with Gasteiger partial charge in [-0.05, 0) is 30.8 Å². The van der Waals surface area contributed by atoms with E-state index in [9.17, 15) is 4.79 Å². The second-order valence-corrected chi connectivity index (χ2v) is 5.07. The molecule has 0 spiro atoms. The van der Waals surface area contributed by atoms with Crippen LogP contribution >= 0.6 is 12.2 Å². The van der Waals surface area contributed by atoms with Crippen LogP contribution in [-0.2, 0) is 11.3 Å². The number of fused-ring (bicyclic) bond motifs is 1. The summed E-state index contributed by atoms with van der Waals surface area (Å²) in [5, 5.41) is 0.594. The fourth-order valence-corrected chi connectivity index (χ4v) is 2.82. The quantitative estimate of drug-likeness (QED) is 0.771. The number of allylic oxidation sites excluding steroid dienone is 2. The lowest BCUT2D eigenvalue weighted by molar-refractivity contribution is -0.123. The maximum Gasteiger partial charge on any atom is 0.277 e. The third-order valence-corrected chi connectivity index (χ3v) is 3.81. The lowest BCUT2D eigenvalue weighted by Gasteiger charge is -2.26. The molecular formula is C15H14N2OS. The van der Waals surface area contributed by atoms with E-state index in [0.29, 0.717) is 17.4 Å². The number of carbonyl (C=O) groups is 1. The maximum absolute atomic E-state index is 12.4. The Morgan fingerprint density at radius 2 is 2.00 bits per heavy atom. The zero-order chi connectivity index (χ0) is 13.4. The molecule has 1 saturated heterocycles. The molecular weight excluding hydrogens is 256 g/mol. The van der Waals surface area contributed by atoms with Gasteiger partial charge in [-0.15, -0.1) is 0 Å². The van der Waals surface area contributed by atoms with Gasteiger partial charge in [0, 0.05) is 0 Å². The van der Waals surface area contributed by atoms with Crippen LogP contribution in [0.1, 0.15) is 12.5 Å². The number of benzene rings is 1. The molecule has 2 aliphatic rings. The van der Waals surface area contributed by atoms with E-state index in [4.69, 9.17) is 12.2 Å². The first-order chi connectivity index (χ1) is 9.18. The summed E-state index contributed by atoms with van der Waals surface area (Å²) in [6.07, 6.45) is 5.79. The lowest BCUT2D eigenvalue weighted by atomic mass is 10.2. The zero-order valence-corrected chi connectivity index (χ0v) is 11.4. The number of rotatable bonds is 2. The fourth-order valence-electron chi connectivity index (χ4n) is 2.41. The Morgan fingerprint density at radius 1 is 1.26 bits per heavy atom. The smallest absolute Gasteiger partial charge is 0.277 e. The summed E-state index contributed by atoms with van der Waals surface area (Å²) in [4.78, 5) is 16.0. The molecule has 19 heavy (non-hydrogen) atoms. The Balaban J connectivity index is 1.89. The molecule has 1 aromatic carbocycles. The van der Waals surface area contributed by atoms with Crippen molar-refractivity contribution in [1.82, 2.24) is 9.80 Å². The minimum absolute atomic E-state index is 0.00921. The van der Waals surface area contributed by atoms with E-state index in [2.05, 4.69) is 0 Å². The second kappa shape index (κ2) is 4.63. The van der Waals surface area contributed by atoms with Crippen molar-refractivity contribution in [2.75, 3.05) is 0 Å². The van der Waals surface area contributed by atoms with Crippen molar-refractivity contribution in [2.24, 2.45) is 0 Å². The summed E-state index contributed by atoms with van der Waals surface area (Å²) in [5.74, 6) is -0.00921. The molecule has 0 aliphatic carbocycles. The molecule has 1 aromatic rings. The van der Waals surface area contributed by atoms with Gasteiger partial charge in [-0.1, -0.05) is 42.5 Å². The van der Waals surface area contributed by atoms with Gasteiger partial charge in [0.25, 0.3) is 5.91 Å². The van der Waals surface area contributed by atoms with E-state index in [1.807, 2.05) is 60.4 Å². The molecule has 0 radical (unpaired) electrons. The normalized spacial score (nSPS) is 21.7. The predicted molar refractivity (Wildman–Crippen MR) is 78.1 cm³/mol. The van der Waals surface area contributed by atoms with Crippen LogP contribution in [0.2, 0.25) is 0 Å². The summed E-state index contributed by atoms with van der Waals surface area (Å²) in [5.41, 5.74) is 1.76. The van der Waals surface area contributed by atoms with Crippen molar-refractivity contribution in [1.29, 1.82) is 0 Å². The van der Waals surface area contributed by atoms with E-state index in [-0.39, 0.29) is 11.9 Å². The SMILES string of the molecule is CC1C=CC=C2C(=O)N(Cc3ccccc3)C(=S)N21. The van der Waals surface area contributed by atoms with Crippen LogP contribution in [0.15, 0.2) is 54.3 Å². The molecule has 3 nitrogen and oxygen atoms in total. The Hall–Kier alpha value is -1.94. The Labute approximate surface area is 117 Å². The van der Waals surface area contributed by atoms with Crippen molar-refractivity contribution in [3.8, 4) is 0 Å². The molecule has 1 atom stereocenters. The molecule has 1 fully saturated rings. The van der Waals surface area contributed by atoms with Crippen LogP contribution < -0.4 is 0 Å². The third kappa shape index (κ3) is 1.98. The molecule has 1 amide bonds. The molecule has 96 valence electrons. The van der Waals surface area contributed by atoms with E-state index >= 15 is 0 Å². The van der Waals surface area contributed by atoms with Crippen LogP contribution in [-0.4, -0.2) is 26.9 Å². The summed E-state index contributed by atoms with van der Waals surface area (Å²) in [6, 6.07) is 10.0. The number of hydrogen-bond acceptors (Lipinski definition) is 2. The topological polar surface area (TPSA) is 23.6 Å². The Bertz CT molecular complexity index is 591. The van der Waals surface area contributed by atoms with Crippen LogP contribution in [0, 0.1) is 0 Å². The van der Waals surface area contributed by atoms with Crippen LogP contribution in [0.5, 0.6) is 0 Å². The predicted octanol–water partition coefficient (Wildman–Crippen LogP) is 2.46. The van der Waals surface area contributed by atoms with Crippen molar-refractivity contribution < 1.29 is 4.79 Å². The van der Waals surface area contributed by atoms with Gasteiger partial charge in [-0.25, -0.2) is 0 Å². The van der Waals surface area contributed by atoms with E-state index in [1.165, 1.54) is 0 Å². The Morgan fingerprint density at radius 3 is 2.68 bits per heavy atom. The standard InChI is InChI=1S/C15H14N2OS/c1-11-6-5-9-13-14(18)16(15(19)17(11)13)10-12-7-3-2-4-8-12/h2-9,11H,10H2,1H3. The highest BCUT2D eigenvalue weighted by Gasteiger charge is 2.40. The average molecular weight is 270 g/mol. The molecule has 2 aliphatic heterocycles. The van der Waals surface area contributed by atoms with Gasteiger partial charge in [0.05, 0.1) is 12.6 Å². The minimum atomic E-state index is -0.00921. The first kappa shape index (κ1) is 12.1. The van der Waals surface area contributed by atoms with Crippen LogP contribution in [0.3, 0.4) is 0 Å². The lowest BCUT2D eigenvalue weighted by Crippen LogP contribution is -2.36. The summed E-state index contributed by atoms with van der Waals surface area (Å²) < 4.78 is 0. The van der Waals surface area contributed by atoms with Gasteiger partial charge < -0.3 is 4.90 Å². The summed E-state index contributed by atoms with van der Waals surface area (Å²) in [7, 11) is 0. The molecule has 0 bridgehead atoms. The van der Waals surface area contributed by atoms with Crippen LogP contribution in [0.25, 0.3) is 0 Å². The highest BCUT2D eigenvalue weighted by molar-refractivity contribution is 7.80. The second-order valence-electron chi connectivity index (χ2n) is 4.71. The van der Waals surface area contributed by atoms with Crippen molar-refractivity contribution in [3.05, 3.63) is 59.8 Å². The molecule has 0 saturated carbocycles. The van der Waals surface area contributed by atoms with E-state index < -0.39 is 0 Å². The number of nitrogens with zero attached hydrogens (tertiary/aromatic N) is 2. The zero-order valence-electron chi connectivity index (χ0n) is 10.6. The van der Waals surface area contributed by atoms with Gasteiger partial charge in [0.1, 0.15) is 5.70 Å². The first-order valence-electron chi connectivity index (χ1n) is 6.26. The van der Waals surface area contributed by atoms with Gasteiger partial charge in [0.2, 0.25) is 0 Å². The summed E-state index contributed by atoms with van der Waals surface area (Å²) in [6.45, 7) is 2.56. The van der Waals surface area contributed by atoms with Gasteiger partial charge >= 0.3 is 0 Å². The van der Waals surface area contributed by atoms with Crippen molar-refractivity contribution in [2.45, 2.75) is 19.5 Å². The molecule has 3 rings (SSSR count). The van der Waals surface area contributed by atoms with E-state index in [1.54, 1.807) is 4.90 Å². The van der Waals surface area contributed by atoms with Crippen molar-refractivity contribution >= 4 is 23.2 Å². The Kier molecular flexibility index (Phi) is 2.95. The highest BCUT2D eigenvalue weighted by Crippen LogP contribution is 2.28. The molecule has 2 heterocycles. The fraction of sp³-hybridized carbons (Fsp3) is 0.200. The molecule has 0 N–H and O–H groups in total. The largest absolute Gasteiger partial charge is 0.307 e. The van der Waals surface area contributed by atoms with Crippen LogP contribution in [0.4, 0.5) is 0 Å². The first-order valence-corrected chi connectivity index (χ1v) is 6.67. The third-order valence-electron chi connectivity index (χ3n) is 3.40. The van der Waals surface area contributed by atoms with E-state index in [0.717, 1.165) is 5.56 Å². The summed E-state index contributed by atoms with van der Waals surface area (Å²) >= 11 is 5.45. The van der Waals surface area contributed by atoms with Gasteiger partial charge in [-0.3, -0.25) is 9.69 Å². The van der Waals surface area contributed by atoms with Gasteiger partial charge in [-0.2, -0.15) is 0 Å².